The van der Waals surface area contributed by atoms with E-state index in [9.17, 15) is 0 Å². The third-order valence-electron chi connectivity index (χ3n) is 3.98. The number of aromatic nitrogens is 1. The number of hydrogen-bond acceptors (Lipinski definition) is 3. The van der Waals surface area contributed by atoms with E-state index in [1.807, 2.05) is 12.3 Å². The van der Waals surface area contributed by atoms with Gasteiger partial charge >= 0.3 is 0 Å². The van der Waals surface area contributed by atoms with Crippen LogP contribution in [0.15, 0.2) is 54.9 Å². The molecule has 0 aliphatic heterocycles. The Balaban J connectivity index is 1.65. The van der Waals surface area contributed by atoms with E-state index in [1.54, 1.807) is 6.20 Å². The van der Waals surface area contributed by atoms with Gasteiger partial charge in [0.1, 0.15) is 0 Å². The Morgan fingerprint density at radius 1 is 1.21 bits per heavy atom. The van der Waals surface area contributed by atoms with E-state index in [4.69, 9.17) is 5.84 Å². The lowest BCUT2D eigenvalue weighted by Crippen LogP contribution is -2.38. The molecule has 1 aromatic heterocycles. The molecule has 0 radical (unpaired) electrons. The van der Waals surface area contributed by atoms with Gasteiger partial charge in [-0.1, -0.05) is 36.4 Å². The molecule has 1 aliphatic carbocycles. The van der Waals surface area contributed by atoms with Gasteiger partial charge in [0.25, 0.3) is 0 Å². The van der Waals surface area contributed by atoms with Gasteiger partial charge in [-0.15, -0.1) is 0 Å². The Hall–Kier alpha value is -1.71. The first-order valence-corrected chi connectivity index (χ1v) is 6.78. The molecular formula is C16H19N3. The molecule has 0 amide bonds. The Bertz CT molecular complexity index is 512. The molecule has 3 unspecified atom stereocenters. The van der Waals surface area contributed by atoms with Gasteiger partial charge in [-0.25, -0.2) is 0 Å². The number of rotatable bonds is 5. The number of hydrazine groups is 1. The number of nitrogens with zero attached hydrogens (tertiary/aromatic N) is 1. The lowest BCUT2D eigenvalue weighted by atomic mass is 10.0. The van der Waals surface area contributed by atoms with Gasteiger partial charge in [0, 0.05) is 18.4 Å². The highest BCUT2D eigenvalue weighted by molar-refractivity contribution is 5.27. The van der Waals surface area contributed by atoms with E-state index in [2.05, 4.69) is 46.8 Å². The molecule has 3 nitrogen and oxygen atoms in total. The SMILES string of the molecule is NNC(Cc1cccnc1)C1CC1c1ccccc1. The highest BCUT2D eigenvalue weighted by atomic mass is 15.2. The first-order chi connectivity index (χ1) is 9.38. The number of benzene rings is 1. The number of nitrogens with two attached hydrogens (primary N) is 1. The first kappa shape index (κ1) is 12.3. The van der Waals surface area contributed by atoms with Crippen molar-refractivity contribution < 1.29 is 0 Å². The van der Waals surface area contributed by atoms with Crippen LogP contribution in [0.4, 0.5) is 0 Å². The molecule has 19 heavy (non-hydrogen) atoms. The zero-order valence-corrected chi connectivity index (χ0v) is 10.9. The molecule has 3 heteroatoms. The van der Waals surface area contributed by atoms with Crippen LogP contribution in [0.1, 0.15) is 23.5 Å². The largest absolute Gasteiger partial charge is 0.271 e. The molecule has 3 N–H and O–H groups in total. The second-order valence-electron chi connectivity index (χ2n) is 5.26. The van der Waals surface area contributed by atoms with E-state index < -0.39 is 0 Å². The van der Waals surface area contributed by atoms with Gasteiger partial charge in [0.05, 0.1) is 0 Å². The molecule has 1 heterocycles. The van der Waals surface area contributed by atoms with Gasteiger partial charge < -0.3 is 0 Å². The van der Waals surface area contributed by atoms with Crippen LogP contribution in [0.3, 0.4) is 0 Å². The molecule has 1 saturated carbocycles. The van der Waals surface area contributed by atoms with Crippen LogP contribution in [0.5, 0.6) is 0 Å². The lowest BCUT2D eigenvalue weighted by molar-refractivity contribution is 0.464. The quantitative estimate of drug-likeness (QED) is 0.635. The summed E-state index contributed by atoms with van der Waals surface area (Å²) in [6.45, 7) is 0. The average Bonchev–Trinajstić information content (AvgIpc) is 3.27. The van der Waals surface area contributed by atoms with Crippen molar-refractivity contribution in [3.05, 3.63) is 66.0 Å². The minimum atomic E-state index is 0.328. The molecule has 0 saturated heterocycles. The van der Waals surface area contributed by atoms with Crippen molar-refractivity contribution >= 4 is 0 Å². The Morgan fingerprint density at radius 3 is 2.74 bits per heavy atom. The molecule has 1 aliphatic rings. The maximum absolute atomic E-state index is 5.73. The molecular weight excluding hydrogens is 234 g/mol. The van der Waals surface area contributed by atoms with E-state index in [1.165, 1.54) is 17.5 Å². The van der Waals surface area contributed by atoms with E-state index in [-0.39, 0.29) is 0 Å². The molecule has 2 aromatic rings. The lowest BCUT2D eigenvalue weighted by Gasteiger charge is -2.16. The third-order valence-corrected chi connectivity index (χ3v) is 3.98. The predicted octanol–water partition coefficient (Wildman–Crippen LogP) is 2.26. The summed E-state index contributed by atoms with van der Waals surface area (Å²) in [7, 11) is 0. The van der Waals surface area contributed by atoms with Crippen LogP contribution < -0.4 is 11.3 Å². The second-order valence-corrected chi connectivity index (χ2v) is 5.26. The van der Waals surface area contributed by atoms with Gasteiger partial charge in [0.15, 0.2) is 0 Å². The molecule has 98 valence electrons. The Labute approximate surface area is 113 Å². The summed E-state index contributed by atoms with van der Waals surface area (Å²) in [6, 6.07) is 15.1. The van der Waals surface area contributed by atoms with Crippen molar-refractivity contribution in [2.75, 3.05) is 0 Å². The van der Waals surface area contributed by atoms with Crippen LogP contribution >= 0.6 is 0 Å². The van der Waals surface area contributed by atoms with Crippen LogP contribution in [0, 0.1) is 5.92 Å². The highest BCUT2D eigenvalue weighted by Gasteiger charge is 2.43. The summed E-state index contributed by atoms with van der Waals surface area (Å²) >= 11 is 0. The summed E-state index contributed by atoms with van der Waals surface area (Å²) in [5.74, 6) is 7.02. The molecule has 3 rings (SSSR count). The van der Waals surface area contributed by atoms with Crippen LogP contribution in [0.2, 0.25) is 0 Å². The van der Waals surface area contributed by atoms with Gasteiger partial charge in [0.2, 0.25) is 0 Å². The first-order valence-electron chi connectivity index (χ1n) is 6.78. The molecule has 1 fully saturated rings. The van der Waals surface area contributed by atoms with E-state index in [0.29, 0.717) is 17.9 Å². The van der Waals surface area contributed by atoms with E-state index >= 15 is 0 Å². The zero-order chi connectivity index (χ0) is 13.1. The molecule has 0 bridgehead atoms. The van der Waals surface area contributed by atoms with Crippen LogP contribution in [-0.2, 0) is 6.42 Å². The zero-order valence-electron chi connectivity index (χ0n) is 10.9. The minimum absolute atomic E-state index is 0.328. The van der Waals surface area contributed by atoms with Gasteiger partial charge in [-0.2, -0.15) is 0 Å². The summed E-state index contributed by atoms with van der Waals surface area (Å²) < 4.78 is 0. The third kappa shape index (κ3) is 2.83. The number of pyridine rings is 1. The van der Waals surface area contributed by atoms with Crippen molar-refractivity contribution in [2.24, 2.45) is 11.8 Å². The standard InChI is InChI=1S/C16H19N3/c17-19-16(9-12-5-4-8-18-11-12)15-10-14(15)13-6-2-1-3-7-13/h1-8,11,14-16,19H,9-10,17H2. The maximum atomic E-state index is 5.73. The fraction of sp³-hybridized carbons (Fsp3) is 0.312. The Morgan fingerprint density at radius 2 is 2.05 bits per heavy atom. The normalized spacial score (nSPS) is 23.0. The Kier molecular flexibility index (Phi) is 3.58. The number of nitrogens with one attached hydrogen (secondary N) is 1. The molecule has 0 spiro atoms. The van der Waals surface area contributed by atoms with Crippen molar-refractivity contribution in [1.29, 1.82) is 0 Å². The summed E-state index contributed by atoms with van der Waals surface area (Å²) in [6.07, 6.45) is 5.89. The maximum Gasteiger partial charge on any atom is 0.0300 e. The van der Waals surface area contributed by atoms with Gasteiger partial charge in [-0.05, 0) is 41.9 Å². The monoisotopic (exact) mass is 253 g/mol. The van der Waals surface area contributed by atoms with Crippen molar-refractivity contribution in [3.8, 4) is 0 Å². The van der Waals surface area contributed by atoms with E-state index in [0.717, 1.165) is 6.42 Å². The minimum Gasteiger partial charge on any atom is -0.271 e. The second kappa shape index (κ2) is 5.51. The van der Waals surface area contributed by atoms with Crippen molar-refractivity contribution in [2.45, 2.75) is 24.8 Å². The predicted molar refractivity (Wildman–Crippen MR) is 76.3 cm³/mol. The van der Waals surface area contributed by atoms with Crippen LogP contribution in [0.25, 0.3) is 0 Å². The van der Waals surface area contributed by atoms with Crippen molar-refractivity contribution in [3.63, 3.8) is 0 Å². The van der Waals surface area contributed by atoms with Crippen LogP contribution in [-0.4, -0.2) is 11.0 Å². The topological polar surface area (TPSA) is 50.9 Å². The summed E-state index contributed by atoms with van der Waals surface area (Å²) in [5, 5.41) is 0. The summed E-state index contributed by atoms with van der Waals surface area (Å²) in [5.41, 5.74) is 5.65. The fourth-order valence-corrected chi connectivity index (χ4v) is 2.85. The molecule has 1 aromatic carbocycles. The highest BCUT2D eigenvalue weighted by Crippen LogP contribution is 2.49. The molecule has 3 atom stereocenters. The number of hydrogen-bond donors (Lipinski definition) is 2. The van der Waals surface area contributed by atoms with Gasteiger partial charge in [-0.3, -0.25) is 16.3 Å². The summed E-state index contributed by atoms with van der Waals surface area (Å²) in [4.78, 5) is 4.16. The van der Waals surface area contributed by atoms with Crippen molar-refractivity contribution in [1.82, 2.24) is 10.4 Å². The smallest absolute Gasteiger partial charge is 0.0300 e. The fourth-order valence-electron chi connectivity index (χ4n) is 2.85. The average molecular weight is 253 g/mol.